The molecule has 180 valence electrons. The molecule has 0 saturated carbocycles. The molecule has 0 radical (unpaired) electrons. The molecule has 2 aromatic heterocycles. The highest BCUT2D eigenvalue weighted by atomic mass is 32.1. The zero-order chi connectivity index (χ0) is 24.9. The quantitative estimate of drug-likeness (QED) is 0.339. The molecular weight excluding hydrogens is 470 g/mol. The monoisotopic (exact) mass is 493 g/mol. The van der Waals surface area contributed by atoms with Gasteiger partial charge in [-0.2, -0.15) is 4.98 Å². The van der Waals surface area contributed by atoms with Crippen LogP contribution in [0.2, 0.25) is 0 Å². The van der Waals surface area contributed by atoms with Gasteiger partial charge in [-0.15, -0.1) is 0 Å². The molecule has 2 aromatic carbocycles. The van der Waals surface area contributed by atoms with Gasteiger partial charge in [0.1, 0.15) is 17.8 Å². The first-order valence-corrected chi connectivity index (χ1v) is 11.6. The van der Waals surface area contributed by atoms with Crippen molar-refractivity contribution < 1.29 is 14.6 Å². The summed E-state index contributed by atoms with van der Waals surface area (Å²) in [6.07, 6.45) is 2.39. The number of phenolic OH excluding ortho intramolecular Hbond substituents is 1. The lowest BCUT2D eigenvalue weighted by Gasteiger charge is -2.18. The number of rotatable bonds is 9. The van der Waals surface area contributed by atoms with Crippen molar-refractivity contribution in [3.63, 3.8) is 0 Å². The van der Waals surface area contributed by atoms with Gasteiger partial charge in [-0.1, -0.05) is 23.5 Å². The Balaban J connectivity index is 1.67. The molecule has 2 heterocycles. The van der Waals surface area contributed by atoms with E-state index in [1.54, 1.807) is 49.5 Å². The zero-order valence-corrected chi connectivity index (χ0v) is 19.9. The SMILES string of the molecule is Cc1cnc(Oc2ccc(Nc3nc(=O)n([C@@H](C)CC=O)c(=O)n3Cc3ccc(O)cc3)cc2)s1. The number of thiazole rings is 1. The topological polar surface area (TPSA) is 128 Å². The molecule has 11 heteroatoms. The number of ether oxygens (including phenoxy) is 1. The molecule has 10 nitrogen and oxygen atoms in total. The number of carbonyl (C=O) groups is 1. The van der Waals surface area contributed by atoms with Crippen LogP contribution in [0.4, 0.5) is 11.6 Å². The number of aromatic hydroxyl groups is 1. The van der Waals surface area contributed by atoms with Gasteiger partial charge in [0.25, 0.3) is 5.19 Å². The summed E-state index contributed by atoms with van der Waals surface area (Å²) in [7, 11) is 0. The maximum Gasteiger partial charge on any atom is 0.355 e. The van der Waals surface area contributed by atoms with Crippen LogP contribution in [0.25, 0.3) is 0 Å². The van der Waals surface area contributed by atoms with Crippen molar-refractivity contribution in [2.24, 2.45) is 0 Å². The fourth-order valence-electron chi connectivity index (χ4n) is 3.37. The Bertz CT molecular complexity index is 1440. The first-order chi connectivity index (χ1) is 16.8. The second-order valence-corrected chi connectivity index (χ2v) is 9.06. The smallest absolute Gasteiger partial charge is 0.355 e. The van der Waals surface area contributed by atoms with Crippen LogP contribution in [-0.2, 0) is 11.3 Å². The number of benzene rings is 2. The van der Waals surface area contributed by atoms with Crippen LogP contribution in [0.5, 0.6) is 16.7 Å². The standard InChI is InChI=1S/C24H23N5O5S/c1-15(11-12-30)29-22(32)27-21(28(24(29)33)14-17-3-7-19(31)8-4-17)26-18-5-9-20(10-6-18)34-23-25-13-16(2)35-23/h3-10,12-13,15,31H,11,14H2,1-2H3,(H,26,27,32)/t15-/m0/s1. The third-order valence-corrected chi connectivity index (χ3v) is 5.96. The van der Waals surface area contributed by atoms with Gasteiger partial charge in [0.15, 0.2) is 0 Å². The van der Waals surface area contributed by atoms with Gasteiger partial charge in [0, 0.05) is 29.2 Å². The minimum absolute atomic E-state index is 0.00287. The minimum atomic E-state index is -0.757. The van der Waals surface area contributed by atoms with Crippen molar-refractivity contribution >= 4 is 29.3 Å². The highest BCUT2D eigenvalue weighted by molar-refractivity contribution is 7.13. The first-order valence-electron chi connectivity index (χ1n) is 10.8. The Kier molecular flexibility index (Phi) is 7.06. The lowest BCUT2D eigenvalue weighted by Crippen LogP contribution is -2.44. The van der Waals surface area contributed by atoms with Gasteiger partial charge in [-0.25, -0.2) is 19.1 Å². The molecule has 0 fully saturated rings. The second-order valence-electron chi connectivity index (χ2n) is 7.86. The minimum Gasteiger partial charge on any atom is -0.508 e. The average Bonchev–Trinajstić information content (AvgIpc) is 3.23. The van der Waals surface area contributed by atoms with Gasteiger partial charge < -0.3 is 20.0 Å². The number of aromatic nitrogens is 4. The molecule has 0 aliphatic carbocycles. The van der Waals surface area contributed by atoms with Gasteiger partial charge in [-0.05, 0) is 55.8 Å². The van der Waals surface area contributed by atoms with Crippen LogP contribution in [0, 0.1) is 6.92 Å². The van der Waals surface area contributed by atoms with E-state index in [0.29, 0.717) is 28.5 Å². The highest BCUT2D eigenvalue weighted by Crippen LogP contribution is 2.27. The van der Waals surface area contributed by atoms with Crippen LogP contribution in [0.1, 0.15) is 29.8 Å². The van der Waals surface area contributed by atoms with E-state index in [9.17, 15) is 19.5 Å². The summed E-state index contributed by atoms with van der Waals surface area (Å²) in [6, 6.07) is 12.6. The van der Waals surface area contributed by atoms with Gasteiger partial charge in [0.05, 0.1) is 6.54 Å². The van der Waals surface area contributed by atoms with E-state index < -0.39 is 17.4 Å². The van der Waals surface area contributed by atoms with Crippen LogP contribution < -0.4 is 21.4 Å². The summed E-state index contributed by atoms with van der Waals surface area (Å²) < 4.78 is 8.01. The summed E-state index contributed by atoms with van der Waals surface area (Å²) in [4.78, 5) is 46.3. The molecule has 0 saturated heterocycles. The van der Waals surface area contributed by atoms with E-state index in [0.717, 1.165) is 9.44 Å². The van der Waals surface area contributed by atoms with Crippen LogP contribution in [-0.4, -0.2) is 30.5 Å². The molecule has 0 aliphatic heterocycles. The number of aldehydes is 1. The number of hydrogen-bond acceptors (Lipinski definition) is 9. The number of carbonyl (C=O) groups excluding carboxylic acids is 1. The predicted molar refractivity (Wildman–Crippen MR) is 132 cm³/mol. The van der Waals surface area contributed by atoms with Crippen molar-refractivity contribution in [1.29, 1.82) is 0 Å². The summed E-state index contributed by atoms with van der Waals surface area (Å²) in [5.74, 6) is 0.724. The van der Waals surface area contributed by atoms with E-state index in [1.165, 1.54) is 28.0 Å². The molecule has 0 amide bonds. The van der Waals surface area contributed by atoms with Crippen LogP contribution in [0.3, 0.4) is 0 Å². The Labute approximate surface area is 204 Å². The molecule has 0 spiro atoms. The fraction of sp³-hybridized carbons (Fsp3) is 0.208. The Morgan fingerprint density at radius 3 is 2.49 bits per heavy atom. The second kappa shape index (κ2) is 10.3. The lowest BCUT2D eigenvalue weighted by atomic mass is 10.2. The molecule has 0 aliphatic rings. The number of nitrogens with one attached hydrogen (secondary N) is 1. The first kappa shape index (κ1) is 23.9. The van der Waals surface area contributed by atoms with E-state index >= 15 is 0 Å². The molecule has 4 aromatic rings. The number of nitrogens with zero attached hydrogens (tertiary/aromatic N) is 4. The Morgan fingerprint density at radius 2 is 1.86 bits per heavy atom. The van der Waals surface area contributed by atoms with E-state index in [-0.39, 0.29) is 24.7 Å². The molecule has 4 rings (SSSR count). The predicted octanol–water partition coefficient (Wildman–Crippen LogP) is 3.61. The molecular formula is C24H23N5O5S. The van der Waals surface area contributed by atoms with Crippen molar-refractivity contribution in [2.75, 3.05) is 5.32 Å². The van der Waals surface area contributed by atoms with E-state index in [4.69, 9.17) is 4.74 Å². The highest BCUT2D eigenvalue weighted by Gasteiger charge is 2.18. The number of anilines is 2. The van der Waals surface area contributed by atoms with E-state index in [1.807, 2.05) is 6.92 Å². The maximum atomic E-state index is 13.3. The molecule has 0 bridgehead atoms. The Hall–Kier alpha value is -4.25. The zero-order valence-electron chi connectivity index (χ0n) is 19.0. The van der Waals surface area contributed by atoms with Gasteiger partial charge >= 0.3 is 11.4 Å². The summed E-state index contributed by atoms with van der Waals surface area (Å²) >= 11 is 1.43. The summed E-state index contributed by atoms with van der Waals surface area (Å²) in [6.45, 7) is 3.64. The van der Waals surface area contributed by atoms with Crippen molar-refractivity contribution in [3.05, 3.63) is 86.1 Å². The fourth-order valence-corrected chi connectivity index (χ4v) is 3.99. The van der Waals surface area contributed by atoms with Gasteiger partial charge in [0.2, 0.25) is 5.95 Å². The molecule has 2 N–H and O–H groups in total. The number of aryl methyl sites for hydroxylation is 1. The van der Waals surface area contributed by atoms with Crippen molar-refractivity contribution in [3.8, 4) is 16.7 Å². The Morgan fingerprint density at radius 1 is 1.14 bits per heavy atom. The van der Waals surface area contributed by atoms with Gasteiger partial charge in [-0.3, -0.25) is 4.57 Å². The summed E-state index contributed by atoms with van der Waals surface area (Å²) in [5, 5.41) is 13.1. The van der Waals surface area contributed by atoms with E-state index in [2.05, 4.69) is 15.3 Å². The van der Waals surface area contributed by atoms with Crippen LogP contribution in [0.15, 0.2) is 64.3 Å². The molecule has 0 unspecified atom stereocenters. The third-order valence-electron chi connectivity index (χ3n) is 5.17. The number of phenols is 1. The number of hydrogen-bond donors (Lipinski definition) is 2. The molecule has 35 heavy (non-hydrogen) atoms. The van der Waals surface area contributed by atoms with Crippen molar-refractivity contribution in [1.82, 2.24) is 19.1 Å². The largest absolute Gasteiger partial charge is 0.508 e. The average molecular weight is 494 g/mol. The summed E-state index contributed by atoms with van der Waals surface area (Å²) in [5.41, 5.74) is -0.0653. The lowest BCUT2D eigenvalue weighted by molar-refractivity contribution is -0.108. The maximum absolute atomic E-state index is 13.3. The normalized spacial score (nSPS) is 11.7. The third kappa shape index (κ3) is 5.64. The van der Waals surface area contributed by atoms with Crippen molar-refractivity contribution in [2.45, 2.75) is 32.9 Å². The molecule has 1 atom stereocenters. The van der Waals surface area contributed by atoms with Crippen LogP contribution >= 0.6 is 11.3 Å².